The molecule has 0 aliphatic rings. The number of nitrogens with zero attached hydrogens (tertiary/aromatic N) is 1. The average Bonchev–Trinajstić information content (AvgIpc) is 2.31. The van der Waals surface area contributed by atoms with Crippen LogP contribution in [0.1, 0.15) is 6.42 Å². The van der Waals surface area contributed by atoms with E-state index >= 15 is 0 Å². The van der Waals surface area contributed by atoms with Gasteiger partial charge in [0.25, 0.3) is 0 Å². The molecule has 0 aliphatic heterocycles. The van der Waals surface area contributed by atoms with E-state index in [1.165, 1.54) is 0 Å². The van der Waals surface area contributed by atoms with Crippen LogP contribution in [-0.2, 0) is 4.79 Å². The maximum absolute atomic E-state index is 8.63. The smallest absolute Gasteiger partial charge is 0.115 e. The van der Waals surface area contributed by atoms with Crippen LogP contribution < -0.4 is 5.73 Å². The third kappa shape index (κ3) is 15.1. The van der Waals surface area contributed by atoms with Gasteiger partial charge in [-0.25, -0.2) is 0 Å². The molecule has 1 rings (SSSR count). The zero-order chi connectivity index (χ0) is 12.8. The van der Waals surface area contributed by atoms with Crippen molar-refractivity contribution in [2.45, 2.75) is 6.42 Å². The highest BCUT2D eigenvalue weighted by molar-refractivity contribution is 5.18. The van der Waals surface area contributed by atoms with E-state index in [0.717, 1.165) is 19.5 Å². The summed E-state index contributed by atoms with van der Waals surface area (Å²) in [7, 11) is 4.10. The summed E-state index contributed by atoms with van der Waals surface area (Å²) < 4.78 is 0. The molecule has 0 saturated heterocycles. The van der Waals surface area contributed by atoms with Gasteiger partial charge in [-0.1, -0.05) is 18.2 Å². The predicted octanol–water partition coefficient (Wildman–Crippen LogP) is 1.10. The third-order valence-electron chi connectivity index (χ3n) is 1.57. The number of hydrogen-bond donors (Lipinski definition) is 2. The third-order valence-corrected chi connectivity index (χ3v) is 1.57. The first kappa shape index (κ1) is 17.0. The first-order valence-corrected chi connectivity index (χ1v) is 5.04. The minimum atomic E-state index is 0.322. The van der Waals surface area contributed by atoms with Crippen LogP contribution >= 0.6 is 0 Å². The topological polar surface area (TPSA) is 66.6 Å². The first-order chi connectivity index (χ1) is 7.66. The summed E-state index contributed by atoms with van der Waals surface area (Å²) in [5.41, 5.74) is 5.25. The van der Waals surface area contributed by atoms with Crippen molar-refractivity contribution in [2.24, 2.45) is 5.73 Å². The molecule has 0 unspecified atom stereocenters. The summed E-state index contributed by atoms with van der Waals surface area (Å²) in [5, 5.41) is 8.63. The number of para-hydroxylation sites is 1. The van der Waals surface area contributed by atoms with Crippen LogP contribution in [0.2, 0.25) is 0 Å². The van der Waals surface area contributed by atoms with Crippen molar-refractivity contribution in [2.75, 3.05) is 27.2 Å². The second-order valence-electron chi connectivity index (χ2n) is 3.28. The van der Waals surface area contributed by atoms with Gasteiger partial charge in [0.05, 0.1) is 0 Å². The van der Waals surface area contributed by atoms with Crippen LogP contribution in [0.4, 0.5) is 0 Å². The Morgan fingerprint density at radius 2 is 1.75 bits per heavy atom. The molecule has 3 N–H and O–H groups in total. The second-order valence-corrected chi connectivity index (χ2v) is 3.28. The zero-order valence-electron chi connectivity index (χ0n) is 10.1. The van der Waals surface area contributed by atoms with Gasteiger partial charge in [-0.3, -0.25) is 0 Å². The molecule has 4 heteroatoms. The SMILES string of the molecule is C=O.CN(C)CCCN.Oc1ccccc1. The molecule has 0 fully saturated rings. The lowest BCUT2D eigenvalue weighted by atomic mass is 10.3. The van der Waals surface area contributed by atoms with Gasteiger partial charge in [-0.15, -0.1) is 0 Å². The number of aromatic hydroxyl groups is 1. The number of nitrogens with two attached hydrogens (primary N) is 1. The molecule has 92 valence electrons. The quantitative estimate of drug-likeness (QED) is 0.810. The number of carbonyl (C=O) groups is 1. The molecule has 0 amide bonds. The molecule has 1 aromatic rings. The summed E-state index contributed by atoms with van der Waals surface area (Å²) in [6.45, 7) is 3.91. The van der Waals surface area contributed by atoms with Crippen LogP contribution in [0, 0.1) is 0 Å². The minimum Gasteiger partial charge on any atom is -0.508 e. The summed E-state index contributed by atoms with van der Waals surface area (Å²) in [5.74, 6) is 0.322. The Morgan fingerprint density at radius 3 is 1.94 bits per heavy atom. The van der Waals surface area contributed by atoms with Gasteiger partial charge in [-0.2, -0.15) is 0 Å². The van der Waals surface area contributed by atoms with Crippen LogP contribution in [0.15, 0.2) is 30.3 Å². The van der Waals surface area contributed by atoms with Crippen LogP contribution in [0.25, 0.3) is 0 Å². The molecule has 0 bridgehead atoms. The normalized spacial score (nSPS) is 8.50. The molecule has 0 atom stereocenters. The fourth-order valence-electron chi connectivity index (χ4n) is 0.836. The van der Waals surface area contributed by atoms with E-state index < -0.39 is 0 Å². The molecule has 0 heterocycles. The fraction of sp³-hybridized carbons (Fsp3) is 0.417. The molecule has 0 saturated carbocycles. The van der Waals surface area contributed by atoms with Crippen LogP contribution in [0.5, 0.6) is 5.75 Å². The highest BCUT2D eigenvalue weighted by atomic mass is 16.3. The second kappa shape index (κ2) is 13.6. The minimum absolute atomic E-state index is 0.322. The highest BCUT2D eigenvalue weighted by Crippen LogP contribution is 2.02. The molecule has 16 heavy (non-hydrogen) atoms. The van der Waals surface area contributed by atoms with E-state index in [2.05, 4.69) is 19.0 Å². The monoisotopic (exact) mass is 226 g/mol. The van der Waals surface area contributed by atoms with Crippen molar-refractivity contribution in [1.29, 1.82) is 0 Å². The Kier molecular flexibility index (Phi) is 14.5. The van der Waals surface area contributed by atoms with Gasteiger partial charge in [0.15, 0.2) is 0 Å². The Bertz CT molecular complexity index is 228. The molecule has 4 nitrogen and oxygen atoms in total. The van der Waals surface area contributed by atoms with E-state index in [9.17, 15) is 0 Å². The van der Waals surface area contributed by atoms with Gasteiger partial charge in [0.2, 0.25) is 0 Å². The largest absolute Gasteiger partial charge is 0.508 e. The van der Waals surface area contributed by atoms with Crippen molar-refractivity contribution in [1.82, 2.24) is 4.90 Å². The summed E-state index contributed by atoms with van der Waals surface area (Å²) >= 11 is 0. The van der Waals surface area contributed by atoms with Gasteiger partial charge < -0.3 is 20.5 Å². The number of rotatable bonds is 3. The van der Waals surface area contributed by atoms with Crippen molar-refractivity contribution < 1.29 is 9.90 Å². The van der Waals surface area contributed by atoms with Crippen molar-refractivity contribution in [3.63, 3.8) is 0 Å². The van der Waals surface area contributed by atoms with E-state index in [1.54, 1.807) is 24.3 Å². The number of phenolic OH excluding ortho intramolecular Hbond substituents is 1. The summed E-state index contributed by atoms with van der Waals surface area (Å²) in [6, 6.07) is 8.71. The lowest BCUT2D eigenvalue weighted by Gasteiger charge is -2.05. The van der Waals surface area contributed by atoms with Crippen LogP contribution in [0.3, 0.4) is 0 Å². The highest BCUT2D eigenvalue weighted by Gasteiger charge is 1.83. The van der Waals surface area contributed by atoms with Gasteiger partial charge in [0, 0.05) is 0 Å². The molecular weight excluding hydrogens is 204 g/mol. The Labute approximate surface area is 97.7 Å². The Balaban J connectivity index is 0. The number of carbonyl (C=O) groups excluding carboxylic acids is 1. The van der Waals surface area contributed by atoms with E-state index in [0.29, 0.717) is 5.75 Å². The summed E-state index contributed by atoms with van der Waals surface area (Å²) in [4.78, 5) is 10.1. The molecule has 0 aromatic heterocycles. The zero-order valence-corrected chi connectivity index (χ0v) is 10.1. The van der Waals surface area contributed by atoms with Gasteiger partial charge >= 0.3 is 0 Å². The van der Waals surface area contributed by atoms with Gasteiger partial charge in [0.1, 0.15) is 12.5 Å². The van der Waals surface area contributed by atoms with E-state index in [-0.39, 0.29) is 0 Å². The average molecular weight is 226 g/mol. The number of hydrogen-bond acceptors (Lipinski definition) is 4. The Morgan fingerprint density at radius 1 is 1.25 bits per heavy atom. The van der Waals surface area contributed by atoms with Crippen molar-refractivity contribution in [3.05, 3.63) is 30.3 Å². The molecule has 0 aliphatic carbocycles. The summed E-state index contributed by atoms with van der Waals surface area (Å²) in [6.07, 6.45) is 1.10. The lowest BCUT2D eigenvalue weighted by Crippen LogP contribution is -2.16. The Hall–Kier alpha value is -1.39. The maximum atomic E-state index is 8.63. The van der Waals surface area contributed by atoms with E-state index in [1.807, 2.05) is 12.9 Å². The maximum Gasteiger partial charge on any atom is 0.115 e. The number of phenols is 1. The number of benzene rings is 1. The van der Waals surface area contributed by atoms with E-state index in [4.69, 9.17) is 15.6 Å². The lowest BCUT2D eigenvalue weighted by molar-refractivity contribution is -0.0979. The predicted molar refractivity (Wildman–Crippen MR) is 67.5 cm³/mol. The first-order valence-electron chi connectivity index (χ1n) is 5.04. The van der Waals surface area contributed by atoms with Gasteiger partial charge in [-0.05, 0) is 45.7 Å². The standard InChI is InChI=1S/C6H6O.C5H14N2.CH2O/c7-6-4-2-1-3-5-6;1-7(2)5-3-4-6;1-2/h1-5,7H;3-6H2,1-2H3;1H2. The van der Waals surface area contributed by atoms with Crippen molar-refractivity contribution in [3.8, 4) is 5.75 Å². The molecular formula is C12H22N2O2. The molecule has 0 spiro atoms. The van der Waals surface area contributed by atoms with Crippen LogP contribution in [-0.4, -0.2) is 44.0 Å². The molecule has 1 aromatic carbocycles. The fourth-order valence-corrected chi connectivity index (χ4v) is 0.836. The van der Waals surface area contributed by atoms with Crippen molar-refractivity contribution >= 4 is 6.79 Å². The molecule has 0 radical (unpaired) electrons.